The topological polar surface area (TPSA) is 3.24 Å². The van der Waals surface area contributed by atoms with Gasteiger partial charge in [-0.1, -0.05) is 74.5 Å². The molecule has 1 heteroatoms. The van der Waals surface area contributed by atoms with Crippen molar-refractivity contribution in [1.82, 2.24) is 0 Å². The van der Waals surface area contributed by atoms with E-state index in [9.17, 15) is 0 Å². The molecule has 1 nitrogen and oxygen atoms in total. The molecule has 0 bridgehead atoms. The summed E-state index contributed by atoms with van der Waals surface area (Å²) in [5.74, 6) is 0. The third-order valence-corrected chi connectivity index (χ3v) is 7.39. The van der Waals surface area contributed by atoms with Crippen molar-refractivity contribution >= 4 is 11.4 Å². The lowest BCUT2D eigenvalue weighted by molar-refractivity contribution is 0.559. The molecule has 172 valence electrons. The first-order valence-corrected chi connectivity index (χ1v) is 12.3. The van der Waals surface area contributed by atoms with E-state index in [2.05, 4.69) is 138 Å². The highest BCUT2D eigenvalue weighted by Gasteiger charge is 2.35. The van der Waals surface area contributed by atoms with Crippen LogP contribution in [0.2, 0.25) is 0 Å². The first-order valence-electron chi connectivity index (χ1n) is 12.3. The molecule has 0 amide bonds. The number of aryl methyl sites for hydroxylation is 2. The molecule has 0 N–H and O–H groups in total. The van der Waals surface area contributed by atoms with Gasteiger partial charge in [0.2, 0.25) is 0 Å². The minimum absolute atomic E-state index is 0.0161. The quantitative estimate of drug-likeness (QED) is 0.304. The van der Waals surface area contributed by atoms with E-state index in [1.165, 1.54) is 55.9 Å². The Bertz CT molecular complexity index is 1370. The molecule has 5 rings (SSSR count). The summed E-state index contributed by atoms with van der Waals surface area (Å²) in [4.78, 5) is 2.45. The largest absolute Gasteiger partial charge is 0.336 e. The maximum atomic E-state index is 2.45. The SMILES string of the molecule is Cc1cc2c(cc1-c1ccc(N(c3ccccc3C)C(C)(C)C)cc1)C(C)(C)c1ccccc1-2. The fourth-order valence-electron chi connectivity index (χ4n) is 5.66. The second-order valence-corrected chi connectivity index (χ2v) is 11.2. The summed E-state index contributed by atoms with van der Waals surface area (Å²) in [5.41, 5.74) is 13.3. The number of benzene rings is 4. The van der Waals surface area contributed by atoms with Gasteiger partial charge in [0.25, 0.3) is 0 Å². The van der Waals surface area contributed by atoms with E-state index < -0.39 is 0 Å². The molecule has 34 heavy (non-hydrogen) atoms. The average molecular weight is 446 g/mol. The predicted octanol–water partition coefficient (Wildman–Crippen LogP) is 9.21. The monoisotopic (exact) mass is 445 g/mol. The van der Waals surface area contributed by atoms with E-state index >= 15 is 0 Å². The first-order chi connectivity index (χ1) is 16.1. The van der Waals surface area contributed by atoms with Gasteiger partial charge in [0.05, 0.1) is 0 Å². The van der Waals surface area contributed by atoms with Crippen LogP contribution in [0.4, 0.5) is 11.4 Å². The van der Waals surface area contributed by atoms with Crippen molar-refractivity contribution in [1.29, 1.82) is 0 Å². The molecule has 0 aromatic heterocycles. The Kier molecular flexibility index (Phi) is 5.20. The van der Waals surface area contributed by atoms with Gasteiger partial charge in [-0.15, -0.1) is 0 Å². The zero-order chi connectivity index (χ0) is 24.3. The van der Waals surface area contributed by atoms with Gasteiger partial charge in [-0.3, -0.25) is 0 Å². The number of anilines is 2. The lowest BCUT2D eigenvalue weighted by atomic mass is 9.81. The van der Waals surface area contributed by atoms with Crippen LogP contribution in [-0.4, -0.2) is 5.54 Å². The second kappa shape index (κ2) is 7.87. The van der Waals surface area contributed by atoms with Crippen LogP contribution in [0.5, 0.6) is 0 Å². The maximum Gasteiger partial charge on any atom is 0.0445 e. The number of fused-ring (bicyclic) bond motifs is 3. The maximum absolute atomic E-state index is 2.45. The lowest BCUT2D eigenvalue weighted by Crippen LogP contribution is -2.38. The zero-order valence-electron chi connectivity index (χ0n) is 21.5. The van der Waals surface area contributed by atoms with Crippen LogP contribution in [-0.2, 0) is 5.41 Å². The lowest BCUT2D eigenvalue weighted by Gasteiger charge is -2.39. The molecule has 4 aromatic carbocycles. The molecule has 0 fully saturated rings. The Balaban J connectivity index is 1.57. The molecule has 0 aliphatic heterocycles. The molecule has 1 aliphatic carbocycles. The fraction of sp³-hybridized carbons (Fsp3) is 0.273. The molecule has 0 saturated carbocycles. The van der Waals surface area contributed by atoms with E-state index in [0.717, 1.165) is 0 Å². The van der Waals surface area contributed by atoms with Crippen molar-refractivity contribution in [2.45, 2.75) is 59.4 Å². The molecule has 0 unspecified atom stereocenters. The van der Waals surface area contributed by atoms with Crippen LogP contribution in [0.25, 0.3) is 22.3 Å². The minimum Gasteiger partial charge on any atom is -0.336 e. The van der Waals surface area contributed by atoms with Gasteiger partial charge in [0.1, 0.15) is 0 Å². The Morgan fingerprint density at radius 2 is 1.26 bits per heavy atom. The standard InChI is InChI=1S/C33H35N/c1-22-12-8-11-15-31(22)34(32(3,4)5)25-18-16-24(17-19-25)27-21-30-28(20-23(27)2)26-13-9-10-14-29(26)33(30,6)7/h8-21H,1-7H3. The van der Waals surface area contributed by atoms with Crippen LogP contribution in [0.3, 0.4) is 0 Å². The predicted molar refractivity (Wildman–Crippen MR) is 147 cm³/mol. The van der Waals surface area contributed by atoms with Gasteiger partial charge in [0, 0.05) is 22.3 Å². The molecule has 0 radical (unpaired) electrons. The Morgan fingerprint density at radius 1 is 0.618 bits per heavy atom. The molecule has 0 atom stereocenters. The Hall–Kier alpha value is -3.32. The van der Waals surface area contributed by atoms with E-state index in [1.54, 1.807) is 0 Å². The van der Waals surface area contributed by atoms with Gasteiger partial charge in [-0.2, -0.15) is 0 Å². The highest BCUT2D eigenvalue weighted by Crippen LogP contribution is 2.50. The number of hydrogen-bond donors (Lipinski definition) is 0. The van der Waals surface area contributed by atoms with Gasteiger partial charge >= 0.3 is 0 Å². The van der Waals surface area contributed by atoms with E-state index in [0.29, 0.717) is 0 Å². The smallest absolute Gasteiger partial charge is 0.0445 e. The van der Waals surface area contributed by atoms with Crippen LogP contribution in [0.15, 0.2) is 84.9 Å². The molecule has 1 aliphatic rings. The molecule has 0 heterocycles. The van der Waals surface area contributed by atoms with Crippen LogP contribution < -0.4 is 4.90 Å². The molecular formula is C33H35N. The summed E-state index contributed by atoms with van der Waals surface area (Å²) in [5, 5.41) is 0. The highest BCUT2D eigenvalue weighted by atomic mass is 15.2. The van der Waals surface area contributed by atoms with Crippen molar-refractivity contribution in [3.63, 3.8) is 0 Å². The van der Waals surface area contributed by atoms with Crippen molar-refractivity contribution in [2.24, 2.45) is 0 Å². The highest BCUT2D eigenvalue weighted by molar-refractivity contribution is 5.85. The summed E-state index contributed by atoms with van der Waals surface area (Å²) in [7, 11) is 0. The zero-order valence-corrected chi connectivity index (χ0v) is 21.5. The van der Waals surface area contributed by atoms with Gasteiger partial charge in [-0.25, -0.2) is 0 Å². The minimum atomic E-state index is -0.0348. The van der Waals surface area contributed by atoms with Crippen molar-refractivity contribution in [2.75, 3.05) is 4.90 Å². The molecular weight excluding hydrogens is 410 g/mol. The van der Waals surface area contributed by atoms with Crippen molar-refractivity contribution in [3.8, 4) is 22.3 Å². The number of para-hydroxylation sites is 1. The third kappa shape index (κ3) is 3.55. The molecule has 4 aromatic rings. The Morgan fingerprint density at radius 3 is 1.94 bits per heavy atom. The van der Waals surface area contributed by atoms with Gasteiger partial charge in [0.15, 0.2) is 0 Å². The first kappa shape index (κ1) is 22.5. The Labute approximate surface area is 205 Å². The van der Waals surface area contributed by atoms with E-state index in [4.69, 9.17) is 0 Å². The van der Waals surface area contributed by atoms with E-state index in [-0.39, 0.29) is 11.0 Å². The number of nitrogens with zero attached hydrogens (tertiary/aromatic N) is 1. The normalized spacial score (nSPS) is 14.0. The third-order valence-electron chi connectivity index (χ3n) is 7.39. The summed E-state index contributed by atoms with van der Waals surface area (Å²) in [6, 6.07) is 31.5. The van der Waals surface area contributed by atoms with E-state index in [1.807, 2.05) is 0 Å². The second-order valence-electron chi connectivity index (χ2n) is 11.2. The van der Waals surface area contributed by atoms with Crippen molar-refractivity contribution < 1.29 is 0 Å². The van der Waals surface area contributed by atoms with Gasteiger partial charge in [-0.05, 0) is 103 Å². The summed E-state index contributed by atoms with van der Waals surface area (Å²) >= 11 is 0. The number of hydrogen-bond acceptors (Lipinski definition) is 1. The summed E-state index contributed by atoms with van der Waals surface area (Å²) in [6.45, 7) is 16.0. The fourth-order valence-corrected chi connectivity index (χ4v) is 5.66. The summed E-state index contributed by atoms with van der Waals surface area (Å²) < 4.78 is 0. The van der Waals surface area contributed by atoms with Gasteiger partial charge < -0.3 is 4.90 Å². The van der Waals surface area contributed by atoms with Crippen molar-refractivity contribution in [3.05, 3.63) is 107 Å². The van der Waals surface area contributed by atoms with Crippen LogP contribution >= 0.6 is 0 Å². The summed E-state index contributed by atoms with van der Waals surface area (Å²) in [6.07, 6.45) is 0. The number of rotatable bonds is 3. The average Bonchev–Trinajstić information content (AvgIpc) is 3.01. The van der Waals surface area contributed by atoms with Crippen LogP contribution in [0.1, 0.15) is 56.9 Å². The van der Waals surface area contributed by atoms with Crippen LogP contribution in [0, 0.1) is 13.8 Å². The molecule has 0 saturated heterocycles. The molecule has 0 spiro atoms.